The molecule has 0 aliphatic rings. The van der Waals surface area contributed by atoms with Gasteiger partial charge in [-0.25, -0.2) is 12.7 Å². The van der Waals surface area contributed by atoms with Gasteiger partial charge in [0.2, 0.25) is 15.9 Å². The highest BCUT2D eigenvalue weighted by molar-refractivity contribution is 8.00. The molecular weight excluding hydrogens is 414 g/mol. The molecule has 0 atom stereocenters. The summed E-state index contributed by atoms with van der Waals surface area (Å²) in [5, 5.41) is 0. The van der Waals surface area contributed by atoms with E-state index in [-0.39, 0.29) is 12.3 Å². The van der Waals surface area contributed by atoms with E-state index < -0.39 is 15.9 Å². The Morgan fingerprint density at radius 2 is 1.76 bits per heavy atom. The van der Waals surface area contributed by atoms with Crippen molar-refractivity contribution in [2.75, 3.05) is 38.6 Å². The number of sulfonamides is 1. The molecule has 2 rings (SSSR count). The number of ether oxygens (including phenoxy) is 3. The first-order valence-electron chi connectivity index (χ1n) is 8.82. The third kappa shape index (κ3) is 6.86. The number of hydrogen-bond donors (Lipinski definition) is 0. The number of para-hydroxylation sites is 2. The fraction of sp³-hybridized carbons (Fsp3) is 0.350. The van der Waals surface area contributed by atoms with E-state index in [0.29, 0.717) is 29.4 Å². The average molecular weight is 440 g/mol. The third-order valence-electron chi connectivity index (χ3n) is 3.94. The first-order chi connectivity index (χ1) is 13.9. The molecule has 2 aromatic rings. The van der Waals surface area contributed by atoms with E-state index in [1.54, 1.807) is 18.2 Å². The number of thioether (sulfide) groups is 1. The van der Waals surface area contributed by atoms with Crippen molar-refractivity contribution in [3.8, 4) is 17.2 Å². The lowest BCUT2D eigenvalue weighted by molar-refractivity contribution is -0.124. The Morgan fingerprint density at radius 3 is 2.38 bits per heavy atom. The summed E-state index contributed by atoms with van der Waals surface area (Å²) in [6.07, 6.45) is 1.01. The highest BCUT2D eigenvalue weighted by atomic mass is 32.2. The summed E-state index contributed by atoms with van der Waals surface area (Å²) in [6, 6.07) is 14.5. The Morgan fingerprint density at radius 1 is 1.03 bits per heavy atom. The molecule has 0 radical (unpaired) electrons. The van der Waals surface area contributed by atoms with Crippen LogP contribution in [0, 0.1) is 0 Å². The summed E-state index contributed by atoms with van der Waals surface area (Å²) in [6.45, 7) is 0.295. The lowest BCUT2D eigenvalue weighted by atomic mass is 10.2. The summed E-state index contributed by atoms with van der Waals surface area (Å²) in [7, 11) is -0.786. The molecule has 0 aromatic heterocycles. The Kier molecular flexibility index (Phi) is 8.66. The maximum atomic E-state index is 12.6. The van der Waals surface area contributed by atoms with Crippen LogP contribution in [0.1, 0.15) is 5.56 Å². The van der Waals surface area contributed by atoms with Gasteiger partial charge in [-0.3, -0.25) is 4.79 Å². The van der Waals surface area contributed by atoms with Gasteiger partial charge in [0.25, 0.3) is 0 Å². The molecule has 0 N–H and O–H groups in total. The smallest absolute Gasteiger partial charge is 0.246 e. The highest BCUT2D eigenvalue weighted by Crippen LogP contribution is 2.32. The maximum Gasteiger partial charge on any atom is 0.246 e. The molecule has 0 aliphatic carbocycles. The molecule has 0 unspecified atom stereocenters. The molecule has 9 heteroatoms. The van der Waals surface area contributed by atoms with Crippen molar-refractivity contribution < 1.29 is 27.4 Å². The SMILES string of the molecule is COc1cccc(CN(C(=O)CSCCOc2ccccc2)S(C)(=O)=O)c1OC. The molecule has 0 heterocycles. The van der Waals surface area contributed by atoms with Crippen molar-refractivity contribution in [3.05, 3.63) is 54.1 Å². The predicted molar refractivity (Wildman–Crippen MR) is 114 cm³/mol. The largest absolute Gasteiger partial charge is 0.493 e. The number of amides is 1. The zero-order chi connectivity index (χ0) is 21.3. The molecule has 0 bridgehead atoms. The Hall–Kier alpha value is -2.39. The van der Waals surface area contributed by atoms with Crippen molar-refractivity contribution in [3.63, 3.8) is 0 Å². The zero-order valence-corrected chi connectivity index (χ0v) is 18.3. The van der Waals surface area contributed by atoms with Crippen LogP contribution in [-0.4, -0.2) is 57.2 Å². The molecule has 0 saturated heterocycles. The second-order valence-corrected chi connectivity index (χ2v) is 9.04. The number of hydrogen-bond acceptors (Lipinski definition) is 7. The number of methoxy groups -OCH3 is 2. The topological polar surface area (TPSA) is 82.1 Å². The van der Waals surface area contributed by atoms with Gasteiger partial charge in [-0.05, 0) is 18.2 Å². The summed E-state index contributed by atoms with van der Waals surface area (Å²) in [5.74, 6) is 1.71. The predicted octanol–water partition coefficient (Wildman–Crippen LogP) is 2.80. The van der Waals surface area contributed by atoms with Gasteiger partial charge in [0.1, 0.15) is 5.75 Å². The summed E-state index contributed by atoms with van der Waals surface area (Å²) in [5.41, 5.74) is 0.544. The van der Waals surface area contributed by atoms with Crippen LogP contribution >= 0.6 is 11.8 Å². The maximum absolute atomic E-state index is 12.6. The lowest BCUT2D eigenvalue weighted by Crippen LogP contribution is -2.37. The monoisotopic (exact) mass is 439 g/mol. The summed E-state index contributed by atoms with van der Waals surface area (Å²) >= 11 is 1.32. The molecule has 0 spiro atoms. The Bertz CT molecular complexity index is 902. The van der Waals surface area contributed by atoms with Gasteiger partial charge in [0.05, 0.1) is 39.4 Å². The first-order valence-corrected chi connectivity index (χ1v) is 11.8. The normalized spacial score (nSPS) is 11.0. The van der Waals surface area contributed by atoms with Crippen LogP contribution in [-0.2, 0) is 21.4 Å². The van der Waals surface area contributed by atoms with E-state index >= 15 is 0 Å². The minimum atomic E-state index is -3.75. The minimum absolute atomic E-state index is 0.0253. The van der Waals surface area contributed by atoms with Gasteiger partial charge in [0.15, 0.2) is 11.5 Å². The van der Waals surface area contributed by atoms with E-state index in [1.165, 1.54) is 26.0 Å². The van der Waals surface area contributed by atoms with E-state index in [4.69, 9.17) is 14.2 Å². The number of carbonyl (C=O) groups excluding carboxylic acids is 1. The number of nitrogens with zero attached hydrogens (tertiary/aromatic N) is 1. The van der Waals surface area contributed by atoms with Crippen molar-refractivity contribution in [1.29, 1.82) is 0 Å². The quantitative estimate of drug-likeness (QED) is 0.498. The Labute approximate surface area is 176 Å². The molecule has 158 valence electrons. The average Bonchev–Trinajstić information content (AvgIpc) is 2.71. The summed E-state index contributed by atoms with van der Waals surface area (Å²) < 4.78 is 41.4. The summed E-state index contributed by atoms with van der Waals surface area (Å²) in [4.78, 5) is 12.6. The van der Waals surface area contributed by atoms with Gasteiger partial charge in [-0.2, -0.15) is 0 Å². The van der Waals surface area contributed by atoms with Gasteiger partial charge in [-0.15, -0.1) is 11.8 Å². The third-order valence-corrected chi connectivity index (χ3v) is 5.98. The zero-order valence-electron chi connectivity index (χ0n) is 16.7. The van der Waals surface area contributed by atoms with Gasteiger partial charge in [-0.1, -0.05) is 30.3 Å². The molecular formula is C20H25NO6S2. The number of benzene rings is 2. The van der Waals surface area contributed by atoms with Crippen LogP contribution in [0.3, 0.4) is 0 Å². The number of rotatable bonds is 11. The second-order valence-electron chi connectivity index (χ2n) is 6.03. The molecule has 0 fully saturated rings. The Balaban J connectivity index is 1.97. The molecule has 1 amide bonds. The van der Waals surface area contributed by atoms with Crippen LogP contribution in [0.5, 0.6) is 17.2 Å². The van der Waals surface area contributed by atoms with Gasteiger partial charge in [0, 0.05) is 11.3 Å². The molecule has 0 saturated carbocycles. The van der Waals surface area contributed by atoms with Crippen LogP contribution in [0.15, 0.2) is 48.5 Å². The lowest BCUT2D eigenvalue weighted by Gasteiger charge is -2.22. The first kappa shape index (κ1) is 22.9. The second kappa shape index (κ2) is 11.0. The van der Waals surface area contributed by atoms with Crippen LogP contribution in [0.2, 0.25) is 0 Å². The fourth-order valence-corrected chi connectivity index (χ4v) is 4.16. The van der Waals surface area contributed by atoms with Crippen LogP contribution < -0.4 is 14.2 Å². The molecule has 7 nitrogen and oxygen atoms in total. The minimum Gasteiger partial charge on any atom is -0.493 e. The van der Waals surface area contributed by atoms with E-state index in [2.05, 4.69) is 0 Å². The molecule has 0 aliphatic heterocycles. The standard InChI is InChI=1S/C20H25NO6S2/c1-25-18-11-7-8-16(20(18)26-2)14-21(29(3,23)24)19(22)15-28-13-12-27-17-9-5-4-6-10-17/h4-11H,12-15H2,1-3H3. The van der Waals surface area contributed by atoms with Crippen molar-refractivity contribution >= 4 is 27.7 Å². The van der Waals surface area contributed by atoms with Crippen molar-refractivity contribution in [2.24, 2.45) is 0 Å². The number of carbonyl (C=O) groups is 1. The highest BCUT2D eigenvalue weighted by Gasteiger charge is 2.25. The van der Waals surface area contributed by atoms with Gasteiger partial charge >= 0.3 is 0 Å². The molecule has 2 aromatic carbocycles. The van der Waals surface area contributed by atoms with Gasteiger partial charge < -0.3 is 14.2 Å². The van der Waals surface area contributed by atoms with Crippen molar-refractivity contribution in [2.45, 2.75) is 6.54 Å². The van der Waals surface area contributed by atoms with Crippen molar-refractivity contribution in [1.82, 2.24) is 4.31 Å². The van der Waals surface area contributed by atoms with E-state index in [9.17, 15) is 13.2 Å². The van der Waals surface area contributed by atoms with E-state index in [1.807, 2.05) is 30.3 Å². The molecule has 29 heavy (non-hydrogen) atoms. The fourth-order valence-electron chi connectivity index (χ4n) is 2.59. The van der Waals surface area contributed by atoms with Crippen LogP contribution in [0.4, 0.5) is 0 Å². The van der Waals surface area contributed by atoms with Crippen LogP contribution in [0.25, 0.3) is 0 Å². The van der Waals surface area contributed by atoms with E-state index in [0.717, 1.165) is 16.3 Å².